The molecule has 7 nitrogen and oxygen atoms in total. The van der Waals surface area contributed by atoms with Gasteiger partial charge >= 0.3 is 0 Å². The van der Waals surface area contributed by atoms with E-state index in [1.54, 1.807) is 18.2 Å². The third kappa shape index (κ3) is 4.17. The molecular formula is C20H14ClFN2O5S. The summed E-state index contributed by atoms with van der Waals surface area (Å²) in [6, 6.07) is 13.9. The van der Waals surface area contributed by atoms with Gasteiger partial charge in [0.1, 0.15) is 5.82 Å². The summed E-state index contributed by atoms with van der Waals surface area (Å²) in [4.78, 5) is 11.9. The van der Waals surface area contributed by atoms with Crippen molar-refractivity contribution in [3.05, 3.63) is 77.1 Å². The Labute approximate surface area is 176 Å². The first kappa shape index (κ1) is 20.0. The van der Waals surface area contributed by atoms with Crippen LogP contribution >= 0.6 is 11.6 Å². The van der Waals surface area contributed by atoms with Gasteiger partial charge in [0.05, 0.1) is 16.3 Å². The number of halogens is 2. The standard InChI is InChI=1S/C20H14ClFN2O5S/c21-13-3-1-2-12(8-13)20(25)23-17-6-5-15(10-16(17)22)30(26,27)24-14-4-7-18-19(9-14)29-11-28-18/h1-10,24H,11H2,(H,23,25). The van der Waals surface area contributed by atoms with Gasteiger partial charge in [0.25, 0.3) is 15.9 Å². The molecule has 0 aliphatic carbocycles. The summed E-state index contributed by atoms with van der Waals surface area (Å²) >= 11 is 5.85. The van der Waals surface area contributed by atoms with Gasteiger partial charge in [0.15, 0.2) is 11.5 Å². The molecule has 3 aromatic carbocycles. The van der Waals surface area contributed by atoms with Gasteiger partial charge in [-0.3, -0.25) is 9.52 Å². The van der Waals surface area contributed by atoms with Crippen LogP contribution in [0.5, 0.6) is 11.5 Å². The minimum absolute atomic E-state index is 0.0547. The van der Waals surface area contributed by atoms with E-state index in [1.165, 1.54) is 36.4 Å². The summed E-state index contributed by atoms with van der Waals surface area (Å²) in [5.74, 6) is -0.575. The molecule has 0 atom stereocenters. The lowest BCUT2D eigenvalue weighted by atomic mass is 10.2. The van der Waals surface area contributed by atoms with E-state index in [4.69, 9.17) is 21.1 Å². The molecule has 30 heavy (non-hydrogen) atoms. The number of hydrogen-bond acceptors (Lipinski definition) is 5. The molecule has 1 heterocycles. The molecule has 1 aliphatic heterocycles. The van der Waals surface area contributed by atoms with Gasteiger partial charge in [-0.1, -0.05) is 17.7 Å². The van der Waals surface area contributed by atoms with Gasteiger partial charge in [-0.05, 0) is 48.5 Å². The van der Waals surface area contributed by atoms with Crippen LogP contribution < -0.4 is 19.5 Å². The zero-order chi connectivity index (χ0) is 21.3. The maximum atomic E-state index is 14.5. The number of nitrogens with one attached hydrogen (secondary N) is 2. The number of carbonyl (C=O) groups excluding carboxylic acids is 1. The molecule has 1 aliphatic rings. The third-order valence-electron chi connectivity index (χ3n) is 4.21. The predicted octanol–water partition coefficient (Wildman–Crippen LogP) is 4.26. The van der Waals surface area contributed by atoms with Crippen LogP contribution in [0.2, 0.25) is 5.02 Å². The zero-order valence-corrected chi connectivity index (χ0v) is 16.8. The summed E-state index contributed by atoms with van der Waals surface area (Å²) in [6.07, 6.45) is 0. The lowest BCUT2D eigenvalue weighted by molar-refractivity contribution is 0.102. The Morgan fingerprint density at radius 2 is 1.80 bits per heavy atom. The Bertz CT molecular complexity index is 1250. The molecule has 0 saturated heterocycles. The summed E-state index contributed by atoms with van der Waals surface area (Å²) in [7, 11) is -4.07. The highest BCUT2D eigenvalue weighted by Crippen LogP contribution is 2.35. The number of ether oxygens (including phenoxy) is 2. The molecule has 0 fully saturated rings. The van der Waals surface area contributed by atoms with Crippen LogP contribution in [-0.4, -0.2) is 21.1 Å². The van der Waals surface area contributed by atoms with Gasteiger partial charge in [-0.25, -0.2) is 12.8 Å². The van der Waals surface area contributed by atoms with E-state index in [9.17, 15) is 17.6 Å². The number of fused-ring (bicyclic) bond motifs is 1. The van der Waals surface area contributed by atoms with E-state index in [0.29, 0.717) is 16.5 Å². The first-order valence-electron chi connectivity index (χ1n) is 8.61. The molecule has 0 aromatic heterocycles. The molecule has 2 N–H and O–H groups in total. The van der Waals surface area contributed by atoms with Crippen LogP contribution in [0, 0.1) is 5.82 Å². The number of rotatable bonds is 5. The molecule has 0 bridgehead atoms. The predicted molar refractivity (Wildman–Crippen MR) is 109 cm³/mol. The highest BCUT2D eigenvalue weighted by atomic mass is 35.5. The Hall–Kier alpha value is -3.30. The zero-order valence-electron chi connectivity index (χ0n) is 15.2. The largest absolute Gasteiger partial charge is 0.454 e. The van der Waals surface area contributed by atoms with Crippen LogP contribution in [0.4, 0.5) is 15.8 Å². The Morgan fingerprint density at radius 3 is 2.57 bits per heavy atom. The number of anilines is 2. The van der Waals surface area contributed by atoms with Crippen molar-refractivity contribution < 1.29 is 27.1 Å². The van der Waals surface area contributed by atoms with E-state index < -0.39 is 21.7 Å². The monoisotopic (exact) mass is 448 g/mol. The van der Waals surface area contributed by atoms with Gasteiger partial charge in [-0.15, -0.1) is 0 Å². The lowest BCUT2D eigenvalue weighted by Gasteiger charge is -2.11. The average Bonchev–Trinajstić information content (AvgIpc) is 3.17. The van der Waals surface area contributed by atoms with Crippen molar-refractivity contribution >= 4 is 38.9 Å². The average molecular weight is 449 g/mol. The Balaban J connectivity index is 1.52. The fraction of sp³-hybridized carbons (Fsp3) is 0.0500. The van der Waals surface area contributed by atoms with Crippen molar-refractivity contribution in [1.82, 2.24) is 0 Å². The molecule has 0 saturated carbocycles. The van der Waals surface area contributed by atoms with E-state index in [-0.39, 0.29) is 28.6 Å². The number of benzene rings is 3. The molecule has 0 spiro atoms. The minimum Gasteiger partial charge on any atom is -0.454 e. The Kier molecular flexibility index (Phi) is 5.23. The van der Waals surface area contributed by atoms with Crippen molar-refractivity contribution in [2.45, 2.75) is 4.90 Å². The molecule has 4 rings (SSSR count). The smallest absolute Gasteiger partial charge is 0.262 e. The third-order valence-corrected chi connectivity index (χ3v) is 5.82. The molecule has 154 valence electrons. The molecule has 0 radical (unpaired) electrons. The number of carbonyl (C=O) groups is 1. The second-order valence-electron chi connectivity index (χ2n) is 6.28. The van der Waals surface area contributed by atoms with Gasteiger partial charge < -0.3 is 14.8 Å². The summed E-state index contributed by atoms with van der Waals surface area (Å²) in [6.45, 7) is 0.0547. The fourth-order valence-electron chi connectivity index (χ4n) is 2.76. The van der Waals surface area contributed by atoms with E-state index in [1.807, 2.05) is 0 Å². The first-order chi connectivity index (χ1) is 14.3. The van der Waals surface area contributed by atoms with Crippen molar-refractivity contribution in [1.29, 1.82) is 0 Å². The normalized spacial score (nSPS) is 12.5. The molecule has 0 unspecified atom stereocenters. The van der Waals surface area contributed by atoms with E-state index in [0.717, 1.165) is 6.07 Å². The maximum absolute atomic E-state index is 14.5. The van der Waals surface area contributed by atoms with Gasteiger partial charge in [-0.2, -0.15) is 0 Å². The molecular weight excluding hydrogens is 435 g/mol. The van der Waals surface area contributed by atoms with Crippen molar-refractivity contribution in [2.24, 2.45) is 0 Å². The molecule has 1 amide bonds. The quantitative estimate of drug-likeness (QED) is 0.608. The first-order valence-corrected chi connectivity index (χ1v) is 10.5. The van der Waals surface area contributed by atoms with Crippen LogP contribution in [0.3, 0.4) is 0 Å². The minimum atomic E-state index is -4.07. The number of sulfonamides is 1. The van der Waals surface area contributed by atoms with Gasteiger partial charge in [0.2, 0.25) is 6.79 Å². The van der Waals surface area contributed by atoms with Crippen LogP contribution in [0.1, 0.15) is 10.4 Å². The van der Waals surface area contributed by atoms with E-state index in [2.05, 4.69) is 10.0 Å². The number of hydrogen-bond donors (Lipinski definition) is 2. The summed E-state index contributed by atoms with van der Waals surface area (Å²) in [5, 5.41) is 2.75. The van der Waals surface area contributed by atoms with Gasteiger partial charge in [0, 0.05) is 16.7 Å². The number of amides is 1. The highest BCUT2D eigenvalue weighted by molar-refractivity contribution is 7.92. The van der Waals surface area contributed by atoms with Crippen molar-refractivity contribution in [3.63, 3.8) is 0 Å². The summed E-state index contributed by atoms with van der Waals surface area (Å²) < 4.78 is 52.4. The topological polar surface area (TPSA) is 93.7 Å². The molecule has 3 aromatic rings. The Morgan fingerprint density at radius 1 is 1.00 bits per heavy atom. The second-order valence-corrected chi connectivity index (χ2v) is 8.40. The maximum Gasteiger partial charge on any atom is 0.262 e. The molecule has 10 heteroatoms. The fourth-order valence-corrected chi connectivity index (χ4v) is 4.01. The van der Waals surface area contributed by atoms with E-state index >= 15 is 0 Å². The van der Waals surface area contributed by atoms with Crippen LogP contribution in [-0.2, 0) is 10.0 Å². The van der Waals surface area contributed by atoms with Crippen LogP contribution in [0.15, 0.2) is 65.6 Å². The van der Waals surface area contributed by atoms with Crippen molar-refractivity contribution in [3.8, 4) is 11.5 Å². The van der Waals surface area contributed by atoms with Crippen LogP contribution in [0.25, 0.3) is 0 Å². The SMILES string of the molecule is O=C(Nc1ccc(S(=O)(=O)Nc2ccc3c(c2)OCO3)cc1F)c1cccc(Cl)c1. The summed E-state index contributed by atoms with van der Waals surface area (Å²) in [5.41, 5.74) is 0.308. The lowest BCUT2D eigenvalue weighted by Crippen LogP contribution is -2.15. The second kappa shape index (κ2) is 7.85. The van der Waals surface area contributed by atoms with Crippen molar-refractivity contribution in [2.75, 3.05) is 16.8 Å². The highest BCUT2D eigenvalue weighted by Gasteiger charge is 2.20.